The average molecular weight is 537 g/mol. The number of hydrogen-bond acceptors (Lipinski definition) is 6. The molecule has 0 spiro atoms. The lowest BCUT2D eigenvalue weighted by atomic mass is 9.77. The van der Waals surface area contributed by atoms with Crippen LogP contribution in [0.1, 0.15) is 35.6 Å². The number of carbonyl (C=O) groups excluding carboxylic acids is 1. The number of amides is 1. The number of carboxylic acids is 1. The number of aromatic nitrogens is 4. The Morgan fingerprint density at radius 3 is 2.52 bits per heavy atom. The number of para-hydroxylation sites is 1. The monoisotopic (exact) mass is 536 g/mol. The van der Waals surface area contributed by atoms with Gasteiger partial charge in [-0.25, -0.2) is 14.4 Å². The number of rotatable bonds is 7. The molecule has 1 aliphatic heterocycles. The number of carboxylic acid groups (broad SMARTS) is 1. The Morgan fingerprint density at radius 2 is 1.77 bits per heavy atom. The second-order valence-electron chi connectivity index (χ2n) is 9.94. The Morgan fingerprint density at radius 1 is 1.05 bits per heavy atom. The molecule has 5 aromatic rings. The number of nitrogen functional groups attached to an aromatic ring is 1. The Hall–Kier alpha value is -5.12. The average Bonchev–Trinajstić information content (AvgIpc) is 3.44. The third kappa shape index (κ3) is 4.14. The number of halogens is 1. The topological polar surface area (TPSA) is 136 Å². The van der Waals surface area contributed by atoms with Gasteiger partial charge in [-0.3, -0.25) is 14.3 Å². The zero-order valence-corrected chi connectivity index (χ0v) is 21.6. The zero-order chi connectivity index (χ0) is 28.0. The van der Waals surface area contributed by atoms with Crippen molar-refractivity contribution < 1.29 is 19.1 Å². The fourth-order valence-electron chi connectivity index (χ4n) is 5.25. The van der Waals surface area contributed by atoms with E-state index in [9.17, 15) is 14.0 Å². The van der Waals surface area contributed by atoms with Crippen LogP contribution < -0.4 is 11.1 Å². The number of fused-ring (bicyclic) bond motifs is 2. The van der Waals surface area contributed by atoms with Crippen LogP contribution in [0.15, 0.2) is 72.8 Å². The van der Waals surface area contributed by atoms with Crippen molar-refractivity contribution in [1.29, 1.82) is 0 Å². The molecule has 0 saturated carbocycles. The summed E-state index contributed by atoms with van der Waals surface area (Å²) in [5.74, 6) is -0.798. The molecule has 3 heterocycles. The van der Waals surface area contributed by atoms with E-state index in [2.05, 4.69) is 15.3 Å². The second-order valence-corrected chi connectivity index (χ2v) is 9.94. The summed E-state index contributed by atoms with van der Waals surface area (Å²) in [5.41, 5.74) is 9.10. The van der Waals surface area contributed by atoms with Crippen molar-refractivity contribution >= 4 is 34.4 Å². The number of nitrogens with zero attached hydrogens (tertiary/aromatic N) is 4. The molecular formula is C30H25FN6O3. The van der Waals surface area contributed by atoms with Gasteiger partial charge in [-0.15, -0.1) is 0 Å². The summed E-state index contributed by atoms with van der Waals surface area (Å²) in [6.45, 7) is 1.98. The first kappa shape index (κ1) is 25.2. The highest BCUT2D eigenvalue weighted by atomic mass is 19.1. The van der Waals surface area contributed by atoms with Gasteiger partial charge in [-0.05, 0) is 36.6 Å². The summed E-state index contributed by atoms with van der Waals surface area (Å²) >= 11 is 0. The van der Waals surface area contributed by atoms with Crippen LogP contribution >= 0.6 is 0 Å². The Kier molecular flexibility index (Phi) is 6.02. The quantitative estimate of drug-likeness (QED) is 0.278. The van der Waals surface area contributed by atoms with E-state index in [1.165, 1.54) is 6.07 Å². The van der Waals surface area contributed by atoms with E-state index in [1.54, 1.807) is 41.9 Å². The summed E-state index contributed by atoms with van der Waals surface area (Å²) in [5, 5.41) is 17.3. The number of aryl methyl sites for hydroxylation is 1. The molecule has 3 aromatic carbocycles. The second kappa shape index (κ2) is 9.57. The normalized spacial score (nSPS) is 16.2. The first-order valence-electron chi connectivity index (χ1n) is 12.8. The first-order valence-corrected chi connectivity index (χ1v) is 12.8. The van der Waals surface area contributed by atoms with E-state index in [1.807, 2.05) is 36.4 Å². The van der Waals surface area contributed by atoms with Crippen molar-refractivity contribution in [1.82, 2.24) is 19.7 Å². The lowest BCUT2D eigenvalue weighted by molar-refractivity contribution is -0.137. The highest BCUT2D eigenvalue weighted by Gasteiger charge is 2.47. The fraction of sp³-hybridized carbons (Fsp3) is 0.167. The molecule has 6 rings (SSSR count). The summed E-state index contributed by atoms with van der Waals surface area (Å²) < 4.78 is 16.1. The number of nitrogens with two attached hydrogens (primary N) is 1. The fourth-order valence-corrected chi connectivity index (χ4v) is 5.25. The Balaban J connectivity index is 1.40. The van der Waals surface area contributed by atoms with Crippen LogP contribution in [0, 0.1) is 5.82 Å². The van der Waals surface area contributed by atoms with E-state index < -0.39 is 11.4 Å². The van der Waals surface area contributed by atoms with Crippen molar-refractivity contribution in [3.05, 3.63) is 101 Å². The van der Waals surface area contributed by atoms with Gasteiger partial charge in [0.1, 0.15) is 28.6 Å². The van der Waals surface area contributed by atoms with Crippen molar-refractivity contribution in [2.75, 3.05) is 11.1 Å². The molecule has 1 atom stereocenters. The number of benzene rings is 3. The van der Waals surface area contributed by atoms with Crippen molar-refractivity contribution in [3.63, 3.8) is 0 Å². The highest BCUT2D eigenvalue weighted by molar-refractivity contribution is 6.09. The SMILES string of the molecule is C[C@]1(c2ccc(CCC(=O)O)cc2)C(=O)Nc2nc(-c3nn(Cc4ccccc4F)c4ccccc34)nc(N)c21. The van der Waals surface area contributed by atoms with Crippen molar-refractivity contribution in [3.8, 4) is 11.5 Å². The number of nitrogens with one attached hydrogen (secondary N) is 1. The molecule has 0 radical (unpaired) electrons. The lowest BCUT2D eigenvalue weighted by Crippen LogP contribution is -2.33. The minimum Gasteiger partial charge on any atom is -0.481 e. The number of carbonyl (C=O) groups is 2. The molecule has 10 heteroatoms. The molecule has 200 valence electrons. The minimum absolute atomic E-state index is 0.0221. The van der Waals surface area contributed by atoms with Gasteiger partial charge in [-0.2, -0.15) is 5.10 Å². The van der Waals surface area contributed by atoms with Crippen LogP contribution in [0.5, 0.6) is 0 Å². The summed E-state index contributed by atoms with van der Waals surface area (Å²) in [4.78, 5) is 33.5. The van der Waals surface area contributed by atoms with E-state index >= 15 is 0 Å². The standard InChI is InChI=1S/C30H25FN6O3/c1-30(19-13-10-17(11-14-19)12-15-23(38)39)24-26(32)33-28(34-27(24)35-29(30)40)25-20-7-3-5-9-22(20)37(36-25)16-18-6-2-4-8-21(18)31/h2-11,13-14H,12,15-16H2,1H3,(H,38,39)(H3,32,33,34,35,40)/t30-/m1/s1. The molecule has 0 fully saturated rings. The molecule has 1 amide bonds. The molecule has 0 unspecified atom stereocenters. The maximum absolute atomic E-state index is 14.4. The number of anilines is 2. The molecule has 40 heavy (non-hydrogen) atoms. The van der Waals surface area contributed by atoms with E-state index in [0.29, 0.717) is 34.6 Å². The van der Waals surface area contributed by atoms with Gasteiger partial charge >= 0.3 is 5.97 Å². The molecule has 0 aliphatic carbocycles. The molecule has 9 nitrogen and oxygen atoms in total. The van der Waals surface area contributed by atoms with Crippen LogP contribution in [0.3, 0.4) is 0 Å². The number of aliphatic carboxylic acids is 1. The maximum atomic E-state index is 14.4. The van der Waals surface area contributed by atoms with Crippen molar-refractivity contribution in [2.45, 2.75) is 31.7 Å². The Labute approximate surface area is 228 Å². The third-order valence-electron chi connectivity index (χ3n) is 7.43. The number of hydrogen-bond donors (Lipinski definition) is 3. The molecule has 1 aliphatic rings. The van der Waals surface area contributed by atoms with Crippen LogP contribution in [-0.2, 0) is 28.0 Å². The molecule has 2 aromatic heterocycles. The van der Waals surface area contributed by atoms with Gasteiger partial charge in [0.15, 0.2) is 5.82 Å². The summed E-state index contributed by atoms with van der Waals surface area (Å²) in [6, 6.07) is 21.3. The van der Waals surface area contributed by atoms with E-state index in [4.69, 9.17) is 15.9 Å². The van der Waals surface area contributed by atoms with E-state index in [-0.39, 0.29) is 36.3 Å². The third-order valence-corrected chi connectivity index (χ3v) is 7.43. The molecule has 4 N–H and O–H groups in total. The minimum atomic E-state index is -1.14. The van der Waals surface area contributed by atoms with Gasteiger partial charge in [0, 0.05) is 17.4 Å². The zero-order valence-electron chi connectivity index (χ0n) is 21.6. The smallest absolute Gasteiger partial charge is 0.303 e. The van der Waals surface area contributed by atoms with Crippen LogP contribution in [-0.4, -0.2) is 36.7 Å². The van der Waals surface area contributed by atoms with Gasteiger partial charge in [0.2, 0.25) is 5.91 Å². The molecule has 0 bridgehead atoms. The van der Waals surface area contributed by atoms with Crippen LogP contribution in [0.25, 0.3) is 22.4 Å². The van der Waals surface area contributed by atoms with Crippen LogP contribution in [0.2, 0.25) is 0 Å². The van der Waals surface area contributed by atoms with Gasteiger partial charge in [-0.1, -0.05) is 60.7 Å². The maximum Gasteiger partial charge on any atom is 0.303 e. The lowest BCUT2D eigenvalue weighted by Gasteiger charge is -2.23. The van der Waals surface area contributed by atoms with Gasteiger partial charge in [0.05, 0.1) is 17.6 Å². The molecule has 0 saturated heterocycles. The molecular weight excluding hydrogens is 511 g/mol. The van der Waals surface area contributed by atoms with Crippen LogP contribution in [0.4, 0.5) is 16.0 Å². The summed E-state index contributed by atoms with van der Waals surface area (Å²) in [6.07, 6.45) is 0.412. The predicted molar refractivity (Wildman–Crippen MR) is 148 cm³/mol. The largest absolute Gasteiger partial charge is 0.481 e. The van der Waals surface area contributed by atoms with Gasteiger partial charge in [0.25, 0.3) is 0 Å². The summed E-state index contributed by atoms with van der Waals surface area (Å²) in [7, 11) is 0. The predicted octanol–water partition coefficient (Wildman–Crippen LogP) is 4.54. The van der Waals surface area contributed by atoms with E-state index in [0.717, 1.165) is 16.5 Å². The highest BCUT2D eigenvalue weighted by Crippen LogP contribution is 2.45. The van der Waals surface area contributed by atoms with Crippen molar-refractivity contribution in [2.24, 2.45) is 0 Å². The Bertz CT molecular complexity index is 1800. The first-order chi connectivity index (χ1) is 19.3. The van der Waals surface area contributed by atoms with Gasteiger partial charge < -0.3 is 16.2 Å².